The molecule has 0 aliphatic carbocycles. The van der Waals surface area contributed by atoms with E-state index in [0.29, 0.717) is 11.4 Å². The van der Waals surface area contributed by atoms with Crippen molar-refractivity contribution in [3.63, 3.8) is 0 Å². The first-order valence-electron chi connectivity index (χ1n) is 24.5. The van der Waals surface area contributed by atoms with Crippen LogP contribution in [-0.2, 0) is 0 Å². The highest BCUT2D eigenvalue weighted by Crippen LogP contribution is 2.48. The Morgan fingerprint density at radius 2 is 0.620 bits per heavy atom. The first-order valence-corrected chi connectivity index (χ1v) is 24.5. The lowest BCUT2D eigenvalue weighted by molar-refractivity contribution is 0.629. The SMILES string of the molecule is C=CC.CC.CC.Fc1cc(-c2ccc3ccccc3c2)ccc1N(c1ccccc1)c1ccc2ccc3c(N(c4ccccc4)c4ccc(-c5ccc6ccccc6c5)cc4F)ccc4ccc1c2c43. The molecule has 0 saturated heterocycles. The Labute approximate surface area is 416 Å². The lowest BCUT2D eigenvalue weighted by Gasteiger charge is -2.29. The van der Waals surface area contributed by atoms with Crippen molar-refractivity contribution >= 4 is 88.0 Å². The lowest BCUT2D eigenvalue weighted by atomic mass is 9.91. The van der Waals surface area contributed by atoms with E-state index in [-0.39, 0.29) is 11.6 Å². The van der Waals surface area contributed by atoms with Gasteiger partial charge in [-0.05, 0) is 145 Å². The van der Waals surface area contributed by atoms with E-state index in [2.05, 4.69) is 116 Å². The number of rotatable bonds is 8. The molecule has 0 N–H and O–H groups in total. The number of anilines is 6. The van der Waals surface area contributed by atoms with Gasteiger partial charge in [-0.25, -0.2) is 8.78 Å². The second kappa shape index (κ2) is 21.4. The molecule has 0 atom stereocenters. The molecule has 12 rings (SSSR count). The van der Waals surface area contributed by atoms with Crippen LogP contribution in [0, 0.1) is 11.6 Å². The van der Waals surface area contributed by atoms with Crippen LogP contribution in [0.15, 0.2) is 243 Å². The standard InChI is InChI=1S/C60H38F2N2.C3H6.2C2H6/c61-53-37-47(45-21-19-39-11-7-9-13-43(39)35-45)27-33-57(53)63(49-15-3-1-4-16-49)55-31-25-41-24-30-52-56(32-26-42-23-29-51(55)59(41)60(42)52)64(50-17-5-2-6-18-50)58-34-28-48(38-54(58)62)46-22-20-40-12-8-10-14-44(40)36-46;1-3-2;2*1-2/h1-38H;3H,1H2,2H3;2*1-2H3. The van der Waals surface area contributed by atoms with E-state index >= 15 is 8.78 Å². The van der Waals surface area contributed by atoms with Crippen LogP contribution >= 0.6 is 0 Å². The minimum absolute atomic E-state index is 0.324. The molecule has 0 unspecified atom stereocenters. The largest absolute Gasteiger partial charge is 0.307 e. The Bertz CT molecular complexity index is 3520. The van der Waals surface area contributed by atoms with Gasteiger partial charge in [0, 0.05) is 22.1 Å². The molecule has 0 aromatic heterocycles. The van der Waals surface area contributed by atoms with Gasteiger partial charge < -0.3 is 9.80 Å². The number of halogens is 2. The van der Waals surface area contributed by atoms with Gasteiger partial charge in [0.15, 0.2) is 0 Å². The molecule has 0 heterocycles. The first-order chi connectivity index (χ1) is 35.0. The van der Waals surface area contributed by atoms with Crippen LogP contribution in [0.1, 0.15) is 34.6 Å². The molecule has 12 aromatic carbocycles. The van der Waals surface area contributed by atoms with Crippen molar-refractivity contribution < 1.29 is 8.78 Å². The van der Waals surface area contributed by atoms with Crippen LogP contribution in [0.3, 0.4) is 0 Å². The van der Waals surface area contributed by atoms with E-state index in [4.69, 9.17) is 0 Å². The molecular weight excluding hydrogens is 871 g/mol. The van der Waals surface area contributed by atoms with Gasteiger partial charge in [0.1, 0.15) is 11.6 Å². The Balaban J connectivity index is 0.000000851. The van der Waals surface area contributed by atoms with Gasteiger partial charge in [-0.3, -0.25) is 0 Å². The molecular formula is C67H56F2N2. The normalized spacial score (nSPS) is 10.8. The minimum Gasteiger partial charge on any atom is -0.307 e. The molecule has 12 aromatic rings. The summed E-state index contributed by atoms with van der Waals surface area (Å²) in [7, 11) is 0. The van der Waals surface area contributed by atoms with Gasteiger partial charge in [-0.2, -0.15) is 0 Å². The Morgan fingerprint density at radius 1 is 0.324 bits per heavy atom. The molecule has 0 amide bonds. The van der Waals surface area contributed by atoms with Crippen molar-refractivity contribution in [1.82, 2.24) is 0 Å². The number of allylic oxidation sites excluding steroid dienone is 1. The third-order valence-electron chi connectivity index (χ3n) is 12.7. The monoisotopic (exact) mass is 926 g/mol. The van der Waals surface area contributed by atoms with Gasteiger partial charge >= 0.3 is 0 Å². The molecule has 0 radical (unpaired) electrons. The van der Waals surface area contributed by atoms with Gasteiger partial charge in [0.05, 0.1) is 22.7 Å². The first kappa shape index (κ1) is 47.5. The van der Waals surface area contributed by atoms with Crippen molar-refractivity contribution in [3.8, 4) is 22.3 Å². The van der Waals surface area contributed by atoms with Crippen LogP contribution < -0.4 is 9.80 Å². The van der Waals surface area contributed by atoms with Crippen molar-refractivity contribution in [2.75, 3.05) is 9.80 Å². The van der Waals surface area contributed by atoms with Crippen LogP contribution in [0.25, 0.3) is 76.1 Å². The zero-order valence-corrected chi connectivity index (χ0v) is 40.9. The number of nitrogens with zero attached hydrogens (tertiary/aromatic N) is 2. The highest BCUT2D eigenvalue weighted by Gasteiger charge is 2.24. The third kappa shape index (κ3) is 9.21. The van der Waals surface area contributed by atoms with Gasteiger partial charge in [0.25, 0.3) is 0 Å². The third-order valence-corrected chi connectivity index (χ3v) is 12.7. The zero-order chi connectivity index (χ0) is 49.4. The number of fused-ring (bicyclic) bond motifs is 2. The number of para-hydroxylation sites is 2. The van der Waals surface area contributed by atoms with Gasteiger partial charge in [0.2, 0.25) is 0 Å². The quantitative estimate of drug-likeness (QED) is 0.111. The topological polar surface area (TPSA) is 6.48 Å². The van der Waals surface area contributed by atoms with E-state index in [1.807, 2.05) is 154 Å². The Morgan fingerprint density at radius 3 is 1.00 bits per heavy atom. The fourth-order valence-corrected chi connectivity index (χ4v) is 9.60. The van der Waals surface area contributed by atoms with Crippen molar-refractivity contribution in [2.45, 2.75) is 34.6 Å². The predicted octanol–water partition coefficient (Wildman–Crippen LogP) is 20.7. The van der Waals surface area contributed by atoms with E-state index in [1.165, 1.54) is 0 Å². The maximum atomic E-state index is 16.9. The maximum absolute atomic E-state index is 16.9. The van der Waals surface area contributed by atoms with E-state index in [0.717, 1.165) is 98.9 Å². The fraction of sp³-hybridized carbons (Fsp3) is 0.0746. The van der Waals surface area contributed by atoms with Crippen LogP contribution in [0.2, 0.25) is 0 Å². The summed E-state index contributed by atoms with van der Waals surface area (Å²) < 4.78 is 33.7. The minimum atomic E-state index is -0.324. The van der Waals surface area contributed by atoms with E-state index in [9.17, 15) is 0 Å². The summed E-state index contributed by atoms with van der Waals surface area (Å²) in [6, 6.07) is 77.0. The summed E-state index contributed by atoms with van der Waals surface area (Å²) in [6.07, 6.45) is 1.75. The lowest BCUT2D eigenvalue weighted by Crippen LogP contribution is -2.13. The van der Waals surface area contributed by atoms with Crippen LogP contribution in [-0.4, -0.2) is 0 Å². The molecule has 71 heavy (non-hydrogen) atoms. The van der Waals surface area contributed by atoms with Gasteiger partial charge in [-0.15, -0.1) is 6.58 Å². The van der Waals surface area contributed by atoms with Crippen LogP contribution in [0.5, 0.6) is 0 Å². The second-order valence-corrected chi connectivity index (χ2v) is 16.8. The van der Waals surface area contributed by atoms with Crippen molar-refractivity contribution in [1.29, 1.82) is 0 Å². The number of hydrogen-bond donors (Lipinski definition) is 0. The molecule has 0 fully saturated rings. The maximum Gasteiger partial charge on any atom is 0.147 e. The van der Waals surface area contributed by atoms with Crippen LogP contribution in [0.4, 0.5) is 42.9 Å². The zero-order valence-electron chi connectivity index (χ0n) is 40.9. The second-order valence-electron chi connectivity index (χ2n) is 16.8. The van der Waals surface area contributed by atoms with E-state index in [1.54, 1.807) is 18.2 Å². The summed E-state index contributed by atoms with van der Waals surface area (Å²) in [5.74, 6) is -0.649. The summed E-state index contributed by atoms with van der Waals surface area (Å²) in [4.78, 5) is 4.05. The average molecular weight is 927 g/mol. The van der Waals surface area contributed by atoms with E-state index < -0.39 is 0 Å². The highest BCUT2D eigenvalue weighted by molar-refractivity contribution is 6.28. The fourth-order valence-electron chi connectivity index (χ4n) is 9.60. The molecule has 0 aliphatic heterocycles. The Kier molecular flexibility index (Phi) is 14.3. The smallest absolute Gasteiger partial charge is 0.147 e. The summed E-state index contributed by atoms with van der Waals surface area (Å²) in [6.45, 7) is 13.2. The molecule has 348 valence electrons. The highest BCUT2D eigenvalue weighted by atomic mass is 19.1. The molecule has 2 nitrogen and oxygen atoms in total. The molecule has 0 bridgehead atoms. The molecule has 0 spiro atoms. The van der Waals surface area contributed by atoms with Crippen molar-refractivity contribution in [2.24, 2.45) is 0 Å². The Hall–Kier alpha value is -8.60. The van der Waals surface area contributed by atoms with Crippen molar-refractivity contribution in [3.05, 3.63) is 255 Å². The summed E-state index contributed by atoms with van der Waals surface area (Å²) >= 11 is 0. The summed E-state index contributed by atoms with van der Waals surface area (Å²) in [5.41, 5.74) is 7.82. The number of hydrogen-bond acceptors (Lipinski definition) is 2. The number of benzene rings is 12. The van der Waals surface area contributed by atoms with Gasteiger partial charge in [-0.1, -0.05) is 191 Å². The summed E-state index contributed by atoms with van der Waals surface area (Å²) in [5, 5.41) is 10.7. The molecule has 0 aliphatic rings. The molecule has 4 heteroatoms. The molecule has 0 saturated carbocycles. The predicted molar refractivity (Wildman–Crippen MR) is 304 cm³/mol. The average Bonchev–Trinajstić information content (AvgIpc) is 3.43.